The first-order valence-electron chi connectivity index (χ1n) is 8.85. The zero-order chi connectivity index (χ0) is 21.0. The van der Waals surface area contributed by atoms with Crippen LogP contribution in [0.5, 0.6) is 0 Å². The van der Waals surface area contributed by atoms with Gasteiger partial charge < -0.3 is 10.1 Å². The highest BCUT2D eigenvalue weighted by molar-refractivity contribution is 7.87. The number of rotatable bonds is 5. The Labute approximate surface area is 168 Å². The number of amides is 2. The van der Waals surface area contributed by atoms with E-state index < -0.39 is 28.3 Å². The van der Waals surface area contributed by atoms with Gasteiger partial charge in [0.25, 0.3) is 0 Å². The minimum absolute atomic E-state index is 0.0633. The van der Waals surface area contributed by atoms with E-state index >= 15 is 0 Å². The average Bonchev–Trinajstić information content (AvgIpc) is 2.70. The molecule has 2 aromatic rings. The first kappa shape index (κ1) is 20.6. The molecule has 1 heterocycles. The number of anilines is 1. The molecule has 29 heavy (non-hydrogen) atoms. The lowest BCUT2D eigenvalue weighted by atomic mass is 9.92. The molecule has 0 saturated heterocycles. The molecule has 0 spiro atoms. The average molecular weight is 419 g/mol. The number of carbonyl (C=O) groups is 2. The highest BCUT2D eigenvalue weighted by atomic mass is 32.2. The van der Waals surface area contributed by atoms with Crippen LogP contribution < -0.4 is 10.0 Å². The number of nitrogens with one attached hydrogen (secondary N) is 2. The van der Waals surface area contributed by atoms with E-state index in [0.29, 0.717) is 12.0 Å². The third-order valence-corrected chi connectivity index (χ3v) is 5.05. The van der Waals surface area contributed by atoms with Crippen molar-refractivity contribution in [1.29, 1.82) is 0 Å². The molecule has 10 heteroatoms. The second kappa shape index (κ2) is 8.50. The van der Waals surface area contributed by atoms with Crippen molar-refractivity contribution in [3.05, 3.63) is 65.2 Å². The summed E-state index contributed by atoms with van der Waals surface area (Å²) in [6.45, 7) is 0.331. The van der Waals surface area contributed by atoms with E-state index in [1.54, 1.807) is 6.07 Å². The van der Waals surface area contributed by atoms with Crippen LogP contribution in [0.25, 0.3) is 0 Å². The topological polar surface area (TPSA) is 125 Å². The van der Waals surface area contributed by atoms with Gasteiger partial charge in [0.2, 0.25) is 5.91 Å². The lowest BCUT2D eigenvalue weighted by Gasteiger charge is -2.35. The Morgan fingerprint density at radius 2 is 1.93 bits per heavy atom. The Morgan fingerprint density at radius 3 is 2.59 bits per heavy atom. The third kappa shape index (κ3) is 5.04. The predicted molar refractivity (Wildman–Crippen MR) is 105 cm³/mol. The van der Waals surface area contributed by atoms with Crippen molar-refractivity contribution in [2.45, 2.75) is 19.1 Å². The minimum Gasteiger partial charge on any atom is -0.445 e. The van der Waals surface area contributed by atoms with Crippen LogP contribution in [0.15, 0.2) is 48.5 Å². The molecule has 1 unspecified atom stereocenters. The van der Waals surface area contributed by atoms with Gasteiger partial charge in [-0.05, 0) is 35.2 Å². The van der Waals surface area contributed by atoms with Crippen molar-refractivity contribution in [2.75, 3.05) is 18.3 Å². The minimum atomic E-state index is -4.47. The number of benzene rings is 2. The van der Waals surface area contributed by atoms with Gasteiger partial charge in [-0.2, -0.15) is 8.42 Å². The molecular formula is C19H21N3O6S. The Kier molecular flexibility index (Phi) is 6.04. The van der Waals surface area contributed by atoms with E-state index in [4.69, 9.17) is 9.29 Å². The second-order valence-corrected chi connectivity index (χ2v) is 7.65. The molecule has 0 bridgehead atoms. The van der Waals surface area contributed by atoms with Crippen LogP contribution in [0.4, 0.5) is 10.5 Å². The van der Waals surface area contributed by atoms with Crippen molar-refractivity contribution in [3.63, 3.8) is 0 Å². The van der Waals surface area contributed by atoms with Gasteiger partial charge in [0.15, 0.2) is 0 Å². The summed E-state index contributed by atoms with van der Waals surface area (Å²) in [5.41, 5.74) is 2.15. The highest BCUT2D eigenvalue weighted by Crippen LogP contribution is 2.33. The van der Waals surface area contributed by atoms with Crippen molar-refractivity contribution in [2.24, 2.45) is 0 Å². The van der Waals surface area contributed by atoms with Crippen LogP contribution >= 0.6 is 0 Å². The van der Waals surface area contributed by atoms with Gasteiger partial charge in [-0.3, -0.25) is 19.0 Å². The summed E-state index contributed by atoms with van der Waals surface area (Å²) in [6, 6.07) is 12.7. The maximum Gasteiger partial charge on any atom is 0.411 e. The highest BCUT2D eigenvalue weighted by Gasteiger charge is 2.36. The fraction of sp³-hybridized carbons (Fsp3) is 0.263. The quantitative estimate of drug-likeness (QED) is 0.636. The maximum absolute atomic E-state index is 12.7. The molecule has 2 amide bonds. The summed E-state index contributed by atoms with van der Waals surface area (Å²) in [5.74, 6) is -0.438. The summed E-state index contributed by atoms with van der Waals surface area (Å²) in [6.07, 6.45) is -0.184. The van der Waals surface area contributed by atoms with Gasteiger partial charge in [0, 0.05) is 13.6 Å². The fourth-order valence-electron chi connectivity index (χ4n) is 3.25. The zero-order valence-corrected chi connectivity index (χ0v) is 16.5. The molecule has 9 nitrogen and oxygen atoms in total. The SMILES string of the molecule is CNC(=O)C1c2cc(NS(=O)(=O)O)ccc2CCN1C(=O)OCc1ccccc1. The largest absolute Gasteiger partial charge is 0.445 e. The summed E-state index contributed by atoms with van der Waals surface area (Å²) in [4.78, 5) is 26.6. The van der Waals surface area contributed by atoms with E-state index in [9.17, 15) is 18.0 Å². The van der Waals surface area contributed by atoms with Crippen LogP contribution in [0.1, 0.15) is 22.7 Å². The number of hydrogen-bond acceptors (Lipinski definition) is 5. The maximum atomic E-state index is 12.7. The molecule has 1 aliphatic heterocycles. The zero-order valence-electron chi connectivity index (χ0n) is 15.7. The molecule has 0 saturated carbocycles. The third-order valence-electron chi connectivity index (χ3n) is 4.56. The van der Waals surface area contributed by atoms with Crippen LogP contribution in [0, 0.1) is 0 Å². The molecule has 3 N–H and O–H groups in total. The van der Waals surface area contributed by atoms with Crippen LogP contribution in [-0.4, -0.2) is 43.5 Å². The summed E-state index contributed by atoms with van der Waals surface area (Å²) >= 11 is 0. The monoisotopic (exact) mass is 419 g/mol. The first-order valence-corrected chi connectivity index (χ1v) is 10.3. The number of ether oxygens (including phenoxy) is 1. The Morgan fingerprint density at radius 1 is 1.21 bits per heavy atom. The van der Waals surface area contributed by atoms with Gasteiger partial charge in [-0.15, -0.1) is 0 Å². The summed E-state index contributed by atoms with van der Waals surface area (Å²) in [7, 11) is -3.02. The fourth-order valence-corrected chi connectivity index (χ4v) is 3.67. The van der Waals surface area contributed by atoms with Gasteiger partial charge in [0.1, 0.15) is 12.6 Å². The Bertz CT molecular complexity index is 1010. The first-order chi connectivity index (χ1) is 13.8. The summed E-state index contributed by atoms with van der Waals surface area (Å²) in [5, 5.41) is 2.53. The predicted octanol–water partition coefficient (Wildman–Crippen LogP) is 1.88. The molecule has 3 rings (SSSR count). The van der Waals surface area contributed by atoms with E-state index in [-0.39, 0.29) is 18.8 Å². The lowest BCUT2D eigenvalue weighted by molar-refractivity contribution is -0.126. The van der Waals surface area contributed by atoms with E-state index in [2.05, 4.69) is 5.32 Å². The normalized spacial score (nSPS) is 15.9. The number of fused-ring (bicyclic) bond motifs is 1. The molecule has 0 aliphatic carbocycles. The van der Waals surface area contributed by atoms with E-state index in [1.807, 2.05) is 35.1 Å². The Balaban J connectivity index is 1.86. The number of carbonyl (C=O) groups excluding carboxylic acids is 2. The van der Waals surface area contributed by atoms with Crippen molar-refractivity contribution < 1.29 is 27.3 Å². The molecule has 2 aromatic carbocycles. The lowest BCUT2D eigenvalue weighted by Crippen LogP contribution is -2.46. The molecule has 0 aromatic heterocycles. The number of nitrogens with zero attached hydrogens (tertiary/aromatic N) is 1. The standard InChI is InChI=1S/C19H21N3O6S/c1-20-18(23)17-16-11-15(21-29(25,26)27)8-7-14(16)9-10-22(17)19(24)28-12-13-5-3-2-4-6-13/h2-8,11,17,21H,9-10,12H2,1H3,(H,20,23)(H,25,26,27). The molecule has 0 fully saturated rings. The summed E-state index contributed by atoms with van der Waals surface area (Å²) < 4.78 is 38.6. The van der Waals surface area contributed by atoms with Crippen molar-refractivity contribution >= 4 is 28.0 Å². The smallest absolute Gasteiger partial charge is 0.411 e. The van der Waals surface area contributed by atoms with Gasteiger partial charge >= 0.3 is 16.4 Å². The molecule has 1 atom stereocenters. The van der Waals surface area contributed by atoms with Crippen molar-refractivity contribution in [3.8, 4) is 0 Å². The Hall–Kier alpha value is -3.11. The second-order valence-electron chi connectivity index (χ2n) is 6.49. The molecule has 0 radical (unpaired) electrons. The molecular weight excluding hydrogens is 398 g/mol. The molecule has 154 valence electrons. The van der Waals surface area contributed by atoms with Crippen LogP contribution in [0.3, 0.4) is 0 Å². The van der Waals surface area contributed by atoms with E-state index in [1.165, 1.54) is 24.1 Å². The van der Waals surface area contributed by atoms with E-state index in [0.717, 1.165) is 11.1 Å². The van der Waals surface area contributed by atoms with Gasteiger partial charge in [0.05, 0.1) is 5.69 Å². The van der Waals surface area contributed by atoms with Crippen LogP contribution in [-0.2, 0) is 32.9 Å². The van der Waals surface area contributed by atoms with Crippen LogP contribution in [0.2, 0.25) is 0 Å². The molecule has 1 aliphatic rings. The number of hydrogen-bond donors (Lipinski definition) is 3. The van der Waals surface area contributed by atoms with Gasteiger partial charge in [-0.25, -0.2) is 4.79 Å². The van der Waals surface area contributed by atoms with Gasteiger partial charge in [-0.1, -0.05) is 36.4 Å². The number of likely N-dealkylation sites (N-methyl/N-ethyl adjacent to an activating group) is 1. The van der Waals surface area contributed by atoms with Crippen molar-refractivity contribution in [1.82, 2.24) is 10.2 Å².